The highest BCUT2D eigenvalue weighted by Crippen LogP contribution is 2.38. The Morgan fingerprint density at radius 2 is 2.08 bits per heavy atom. The van der Waals surface area contributed by atoms with Crippen LogP contribution < -0.4 is 10.0 Å². The van der Waals surface area contributed by atoms with Crippen molar-refractivity contribution in [2.24, 2.45) is 0 Å². The molecule has 2 N–H and O–H groups in total. The van der Waals surface area contributed by atoms with E-state index in [1.807, 2.05) is 12.1 Å². The van der Waals surface area contributed by atoms with Crippen LogP contribution in [0.3, 0.4) is 0 Å². The second-order valence-corrected chi connectivity index (χ2v) is 8.52. The summed E-state index contributed by atoms with van der Waals surface area (Å²) in [6.45, 7) is 0.710. The molecule has 1 saturated carbocycles. The van der Waals surface area contributed by atoms with Crippen LogP contribution in [0.2, 0.25) is 0 Å². The molecule has 0 aliphatic heterocycles. The molecule has 1 fully saturated rings. The van der Waals surface area contributed by atoms with Crippen molar-refractivity contribution in [1.82, 2.24) is 24.5 Å². The van der Waals surface area contributed by atoms with Gasteiger partial charge in [-0.2, -0.15) is 4.52 Å². The van der Waals surface area contributed by atoms with Crippen molar-refractivity contribution in [3.63, 3.8) is 0 Å². The maximum atomic E-state index is 12.0. The number of anilines is 1. The fourth-order valence-corrected chi connectivity index (χ4v) is 4.43. The Morgan fingerprint density at radius 1 is 1.21 bits per heavy atom. The molecule has 0 atom stereocenters. The first-order valence-electron chi connectivity index (χ1n) is 7.63. The molecule has 0 saturated heterocycles. The molecule has 24 heavy (non-hydrogen) atoms. The van der Waals surface area contributed by atoms with E-state index in [9.17, 15) is 8.42 Å². The largest absolute Gasteiger partial charge is 0.367 e. The van der Waals surface area contributed by atoms with E-state index < -0.39 is 10.0 Å². The van der Waals surface area contributed by atoms with Crippen LogP contribution in [0, 0.1) is 0 Å². The number of hydrogen-bond acceptors (Lipinski definition) is 7. The van der Waals surface area contributed by atoms with Gasteiger partial charge >= 0.3 is 0 Å². The van der Waals surface area contributed by atoms with Crippen molar-refractivity contribution in [3.8, 4) is 0 Å². The number of thiophene rings is 1. The minimum Gasteiger partial charge on any atom is -0.367 e. The number of fused-ring (bicyclic) bond motifs is 1. The van der Waals surface area contributed by atoms with Gasteiger partial charge in [-0.25, -0.2) is 13.1 Å². The predicted molar refractivity (Wildman–Crippen MR) is 90.8 cm³/mol. The molecule has 126 valence electrons. The monoisotopic (exact) mass is 364 g/mol. The van der Waals surface area contributed by atoms with Gasteiger partial charge in [-0.3, -0.25) is 0 Å². The summed E-state index contributed by atoms with van der Waals surface area (Å²) in [7, 11) is -3.42. The minimum atomic E-state index is -3.42. The molecule has 1 aliphatic rings. The summed E-state index contributed by atoms with van der Waals surface area (Å²) >= 11 is 1.20. The molecule has 4 rings (SSSR count). The molecule has 0 spiro atoms. The highest BCUT2D eigenvalue weighted by Gasteiger charge is 2.29. The summed E-state index contributed by atoms with van der Waals surface area (Å²) in [5.74, 6) is 2.02. The van der Waals surface area contributed by atoms with Crippen molar-refractivity contribution in [1.29, 1.82) is 0 Å². The van der Waals surface area contributed by atoms with Gasteiger partial charge in [0.25, 0.3) is 0 Å². The lowest BCUT2D eigenvalue weighted by Gasteiger charge is -2.07. The summed E-state index contributed by atoms with van der Waals surface area (Å²) in [6, 6.07) is 6.97. The molecule has 10 heteroatoms. The Hall–Kier alpha value is -2.04. The maximum absolute atomic E-state index is 12.0. The third kappa shape index (κ3) is 3.12. The molecule has 3 heterocycles. The molecule has 3 aromatic rings. The lowest BCUT2D eigenvalue weighted by atomic mass is 10.4. The maximum Gasteiger partial charge on any atom is 0.250 e. The van der Waals surface area contributed by atoms with Gasteiger partial charge in [0.2, 0.25) is 10.0 Å². The van der Waals surface area contributed by atoms with Crippen molar-refractivity contribution >= 4 is 32.8 Å². The van der Waals surface area contributed by atoms with Crippen LogP contribution in [0.1, 0.15) is 24.6 Å². The Balaban J connectivity index is 1.37. The summed E-state index contributed by atoms with van der Waals surface area (Å²) in [4.78, 5) is 0. The Morgan fingerprint density at radius 3 is 2.83 bits per heavy atom. The molecule has 0 unspecified atom stereocenters. The topological polar surface area (TPSA) is 101 Å². The second-order valence-electron chi connectivity index (χ2n) is 5.58. The lowest BCUT2D eigenvalue weighted by Crippen LogP contribution is -2.28. The molecule has 0 amide bonds. The molecule has 8 nitrogen and oxygen atoms in total. The van der Waals surface area contributed by atoms with E-state index in [1.165, 1.54) is 11.3 Å². The average Bonchev–Trinajstić information content (AvgIpc) is 3.11. The van der Waals surface area contributed by atoms with Crippen LogP contribution in [-0.4, -0.2) is 41.3 Å². The number of aromatic nitrogens is 4. The molecule has 0 radical (unpaired) electrons. The smallest absolute Gasteiger partial charge is 0.250 e. The normalized spacial score (nSPS) is 15.0. The van der Waals surface area contributed by atoms with Gasteiger partial charge in [-0.1, -0.05) is 6.07 Å². The van der Waals surface area contributed by atoms with Gasteiger partial charge in [-0.05, 0) is 36.4 Å². The second kappa shape index (κ2) is 6.11. The van der Waals surface area contributed by atoms with E-state index in [2.05, 4.69) is 25.3 Å². The van der Waals surface area contributed by atoms with Crippen molar-refractivity contribution in [3.05, 3.63) is 35.5 Å². The Labute approximate surface area is 143 Å². The average molecular weight is 364 g/mol. The number of nitrogens with one attached hydrogen (secondary N) is 2. The van der Waals surface area contributed by atoms with Crippen molar-refractivity contribution in [2.45, 2.75) is 23.0 Å². The van der Waals surface area contributed by atoms with E-state index in [-0.39, 0.29) is 6.54 Å². The SMILES string of the molecule is O=S(=O)(NCCNc1ccc2nnc(C3CC3)n2n1)c1cccs1. The van der Waals surface area contributed by atoms with E-state index in [0.717, 1.165) is 24.3 Å². The zero-order valence-electron chi connectivity index (χ0n) is 12.7. The van der Waals surface area contributed by atoms with Gasteiger partial charge in [0, 0.05) is 19.0 Å². The van der Waals surface area contributed by atoms with Gasteiger partial charge in [0.1, 0.15) is 10.0 Å². The molecule has 1 aliphatic carbocycles. The van der Waals surface area contributed by atoms with Crippen LogP contribution >= 0.6 is 11.3 Å². The minimum absolute atomic E-state index is 0.275. The molecule has 0 bridgehead atoms. The zero-order valence-corrected chi connectivity index (χ0v) is 14.3. The number of rotatable bonds is 7. The highest BCUT2D eigenvalue weighted by atomic mass is 32.2. The number of sulfonamides is 1. The number of hydrogen-bond donors (Lipinski definition) is 2. The van der Waals surface area contributed by atoms with Crippen LogP contribution in [-0.2, 0) is 10.0 Å². The third-order valence-corrected chi connectivity index (χ3v) is 6.57. The van der Waals surface area contributed by atoms with Crippen molar-refractivity contribution < 1.29 is 8.42 Å². The predicted octanol–water partition coefficient (Wildman–Crippen LogP) is 1.45. The summed E-state index contributed by atoms with van der Waals surface area (Å²) < 4.78 is 28.7. The van der Waals surface area contributed by atoms with Crippen LogP contribution in [0.25, 0.3) is 5.65 Å². The standard InChI is InChI=1S/C14H16N6O2S2/c21-24(22,13-2-1-9-23-13)16-8-7-15-11-5-6-12-17-18-14(10-3-4-10)20(12)19-11/h1-2,5-6,9-10,16H,3-4,7-8H2,(H,15,19). The van der Waals surface area contributed by atoms with E-state index >= 15 is 0 Å². The third-order valence-electron chi connectivity index (χ3n) is 3.71. The first-order chi connectivity index (χ1) is 11.6. The Bertz CT molecular complexity index is 947. The van der Waals surface area contributed by atoms with Gasteiger partial charge in [-0.15, -0.1) is 26.6 Å². The fraction of sp³-hybridized carbons (Fsp3) is 0.357. The van der Waals surface area contributed by atoms with Crippen LogP contribution in [0.5, 0.6) is 0 Å². The first-order valence-corrected chi connectivity index (χ1v) is 9.99. The summed E-state index contributed by atoms with van der Waals surface area (Å²) in [6.07, 6.45) is 2.26. The zero-order chi connectivity index (χ0) is 16.6. The van der Waals surface area contributed by atoms with Gasteiger partial charge in [0.15, 0.2) is 11.5 Å². The Kier molecular flexibility index (Phi) is 3.94. The molecular weight excluding hydrogens is 348 g/mol. The summed E-state index contributed by atoms with van der Waals surface area (Å²) in [5, 5.41) is 17.6. The highest BCUT2D eigenvalue weighted by molar-refractivity contribution is 7.91. The summed E-state index contributed by atoms with van der Waals surface area (Å²) in [5.41, 5.74) is 0.723. The van der Waals surface area contributed by atoms with Crippen molar-refractivity contribution in [2.75, 3.05) is 18.4 Å². The van der Waals surface area contributed by atoms with Crippen LogP contribution in [0.15, 0.2) is 33.9 Å². The lowest BCUT2D eigenvalue weighted by molar-refractivity contribution is 0.585. The van der Waals surface area contributed by atoms with Gasteiger partial charge in [0.05, 0.1) is 0 Å². The van der Waals surface area contributed by atoms with Crippen LogP contribution in [0.4, 0.5) is 5.82 Å². The first kappa shape index (κ1) is 15.5. The molecule has 0 aromatic carbocycles. The molecule has 3 aromatic heterocycles. The van der Waals surface area contributed by atoms with E-state index in [4.69, 9.17) is 0 Å². The number of nitrogens with zero attached hydrogens (tertiary/aromatic N) is 4. The van der Waals surface area contributed by atoms with Gasteiger partial charge < -0.3 is 5.32 Å². The quantitative estimate of drug-likeness (QED) is 0.616. The van der Waals surface area contributed by atoms with E-state index in [0.29, 0.717) is 22.5 Å². The molecular formula is C14H16N6O2S2. The van der Waals surface area contributed by atoms with E-state index in [1.54, 1.807) is 22.0 Å². The fourth-order valence-electron chi connectivity index (χ4n) is 2.36.